The minimum atomic E-state index is -0.808. The molecule has 3 heterocycles. The number of aromatic nitrogens is 1. The number of hydrogen-bond acceptors (Lipinski definition) is 3. The van der Waals surface area contributed by atoms with Gasteiger partial charge in [-0.2, -0.15) is 0 Å². The van der Waals surface area contributed by atoms with Gasteiger partial charge in [0.15, 0.2) is 0 Å². The number of amides is 3. The van der Waals surface area contributed by atoms with Crippen LogP contribution in [0.4, 0.5) is 9.59 Å². The first-order chi connectivity index (χ1) is 11.6. The van der Waals surface area contributed by atoms with Crippen LogP contribution < -0.4 is 5.32 Å². The monoisotopic (exact) mass is 330 g/mol. The van der Waals surface area contributed by atoms with Crippen molar-refractivity contribution in [2.24, 2.45) is 17.8 Å². The highest BCUT2D eigenvalue weighted by atomic mass is 16.4. The number of nitrogens with zero attached hydrogens (tertiary/aromatic N) is 3. The van der Waals surface area contributed by atoms with E-state index in [1.165, 1.54) is 10.5 Å². The van der Waals surface area contributed by atoms with Crippen molar-refractivity contribution in [3.8, 4) is 0 Å². The third kappa shape index (κ3) is 2.79. The first kappa shape index (κ1) is 15.2. The summed E-state index contributed by atoms with van der Waals surface area (Å²) in [6.45, 7) is 3.26. The summed E-state index contributed by atoms with van der Waals surface area (Å²) in [4.78, 5) is 30.8. The molecule has 2 N–H and O–H groups in total. The van der Waals surface area contributed by atoms with E-state index < -0.39 is 6.09 Å². The summed E-state index contributed by atoms with van der Waals surface area (Å²) in [5.41, 5.74) is 2.29. The highest BCUT2D eigenvalue weighted by molar-refractivity contribution is 5.75. The number of likely N-dealkylation sites (tertiary alicyclic amines) is 1. The molecule has 0 unspecified atom stereocenters. The van der Waals surface area contributed by atoms with Crippen molar-refractivity contribution in [1.29, 1.82) is 0 Å². The molecule has 1 saturated heterocycles. The highest BCUT2D eigenvalue weighted by Crippen LogP contribution is 2.41. The standard InChI is InChI=1S/C17H22N4O3/c22-16(20-7-12-1-2-18-6-15(12)10-20)19-5-11-3-13-8-21(17(23)24)9-14(13)4-11/h1-2,6,11,13-14H,3-5,7-10H2,(H,19,22)(H,23,24)/t11-,13-,14+. The van der Waals surface area contributed by atoms with E-state index in [0.717, 1.165) is 18.4 Å². The lowest BCUT2D eigenvalue weighted by Crippen LogP contribution is -2.39. The quantitative estimate of drug-likeness (QED) is 0.865. The average molecular weight is 330 g/mol. The number of carboxylic acid groups (broad SMARTS) is 1. The van der Waals surface area contributed by atoms with Gasteiger partial charge in [0.25, 0.3) is 0 Å². The number of rotatable bonds is 2. The molecule has 1 aliphatic carbocycles. The summed E-state index contributed by atoms with van der Waals surface area (Å²) in [6.07, 6.45) is 4.81. The predicted molar refractivity (Wildman–Crippen MR) is 86.2 cm³/mol. The third-order valence-corrected chi connectivity index (χ3v) is 5.68. The molecule has 0 radical (unpaired) electrons. The molecular formula is C17H22N4O3. The minimum absolute atomic E-state index is 0.0181. The maximum atomic E-state index is 12.4. The number of fused-ring (bicyclic) bond motifs is 2. The predicted octanol–water partition coefficient (Wildman–Crippen LogP) is 1.74. The van der Waals surface area contributed by atoms with Crippen molar-refractivity contribution < 1.29 is 14.7 Å². The van der Waals surface area contributed by atoms with Gasteiger partial charge in [0.05, 0.1) is 0 Å². The van der Waals surface area contributed by atoms with Gasteiger partial charge < -0.3 is 20.2 Å². The van der Waals surface area contributed by atoms with Crippen LogP contribution in [-0.4, -0.2) is 51.6 Å². The Morgan fingerprint density at radius 3 is 2.54 bits per heavy atom. The van der Waals surface area contributed by atoms with Gasteiger partial charge in [0.1, 0.15) is 0 Å². The van der Waals surface area contributed by atoms with Gasteiger partial charge in [-0.1, -0.05) is 0 Å². The Balaban J connectivity index is 1.24. The largest absolute Gasteiger partial charge is 0.465 e. The SMILES string of the molecule is O=C(O)N1C[C@H]2C[C@@H](CNC(=O)N3Cc4ccncc4C3)C[C@H]2C1. The molecule has 3 atom stereocenters. The average Bonchev–Trinajstić information content (AvgIpc) is 3.24. The van der Waals surface area contributed by atoms with Gasteiger partial charge in [-0.05, 0) is 47.8 Å². The number of pyridine rings is 1. The summed E-state index contributed by atoms with van der Waals surface area (Å²) < 4.78 is 0. The molecule has 0 bridgehead atoms. The van der Waals surface area contributed by atoms with Gasteiger partial charge in [0.2, 0.25) is 0 Å². The van der Waals surface area contributed by atoms with E-state index in [0.29, 0.717) is 50.5 Å². The Morgan fingerprint density at radius 2 is 1.88 bits per heavy atom. The normalized spacial score (nSPS) is 27.9. The zero-order valence-corrected chi connectivity index (χ0v) is 13.5. The fraction of sp³-hybridized carbons (Fsp3) is 0.588. The summed E-state index contributed by atoms with van der Waals surface area (Å²) in [6, 6.07) is 1.95. The second-order valence-corrected chi connectivity index (χ2v) is 7.23. The Kier molecular flexibility index (Phi) is 3.78. The lowest BCUT2D eigenvalue weighted by atomic mass is 10.0. The minimum Gasteiger partial charge on any atom is -0.465 e. The van der Waals surface area contributed by atoms with Crippen LogP contribution in [0.1, 0.15) is 24.0 Å². The second-order valence-electron chi connectivity index (χ2n) is 7.23. The van der Waals surface area contributed by atoms with E-state index in [4.69, 9.17) is 5.11 Å². The molecule has 24 heavy (non-hydrogen) atoms. The summed E-state index contributed by atoms with van der Waals surface area (Å²) in [7, 11) is 0. The molecule has 4 rings (SSSR count). The zero-order valence-electron chi connectivity index (χ0n) is 13.5. The topological polar surface area (TPSA) is 85.8 Å². The van der Waals surface area contributed by atoms with E-state index >= 15 is 0 Å². The molecule has 2 fully saturated rings. The van der Waals surface area contributed by atoms with Crippen LogP contribution in [0.3, 0.4) is 0 Å². The Bertz CT molecular complexity index is 626. The Hall–Kier alpha value is -2.31. The van der Waals surface area contributed by atoms with Crippen molar-refractivity contribution in [2.45, 2.75) is 25.9 Å². The fourth-order valence-electron chi connectivity index (χ4n) is 4.45. The van der Waals surface area contributed by atoms with Crippen molar-refractivity contribution in [2.75, 3.05) is 19.6 Å². The van der Waals surface area contributed by atoms with Crippen LogP contribution in [-0.2, 0) is 13.1 Å². The van der Waals surface area contributed by atoms with Crippen LogP contribution in [0.5, 0.6) is 0 Å². The molecule has 128 valence electrons. The smallest absolute Gasteiger partial charge is 0.407 e. The highest BCUT2D eigenvalue weighted by Gasteiger charge is 2.42. The molecule has 2 aliphatic heterocycles. The van der Waals surface area contributed by atoms with Crippen molar-refractivity contribution in [3.63, 3.8) is 0 Å². The molecule has 3 aliphatic rings. The van der Waals surface area contributed by atoms with Crippen LogP contribution in [0.2, 0.25) is 0 Å². The molecule has 0 aromatic carbocycles. The third-order valence-electron chi connectivity index (χ3n) is 5.68. The van der Waals surface area contributed by atoms with Gasteiger partial charge in [-0.3, -0.25) is 4.98 Å². The first-order valence-electron chi connectivity index (χ1n) is 8.52. The fourth-order valence-corrected chi connectivity index (χ4v) is 4.45. The lowest BCUT2D eigenvalue weighted by Gasteiger charge is -2.20. The van der Waals surface area contributed by atoms with Crippen LogP contribution >= 0.6 is 0 Å². The zero-order chi connectivity index (χ0) is 16.7. The van der Waals surface area contributed by atoms with Gasteiger partial charge in [-0.15, -0.1) is 0 Å². The van der Waals surface area contributed by atoms with E-state index in [2.05, 4.69) is 10.3 Å². The summed E-state index contributed by atoms with van der Waals surface area (Å²) >= 11 is 0. The van der Waals surface area contributed by atoms with Gasteiger partial charge >= 0.3 is 12.1 Å². The van der Waals surface area contributed by atoms with E-state index in [-0.39, 0.29) is 6.03 Å². The van der Waals surface area contributed by atoms with Crippen molar-refractivity contribution >= 4 is 12.1 Å². The van der Waals surface area contributed by atoms with Gasteiger partial charge in [-0.25, -0.2) is 9.59 Å². The maximum absolute atomic E-state index is 12.4. The first-order valence-corrected chi connectivity index (χ1v) is 8.52. The molecule has 1 aromatic heterocycles. The van der Waals surface area contributed by atoms with E-state index in [9.17, 15) is 9.59 Å². The number of urea groups is 1. The van der Waals surface area contributed by atoms with Gasteiger partial charge in [0, 0.05) is 45.1 Å². The molecule has 1 aromatic rings. The Morgan fingerprint density at radius 1 is 1.17 bits per heavy atom. The maximum Gasteiger partial charge on any atom is 0.407 e. The molecule has 7 nitrogen and oxygen atoms in total. The molecule has 0 spiro atoms. The van der Waals surface area contributed by atoms with Crippen LogP contribution in [0.15, 0.2) is 18.5 Å². The lowest BCUT2D eigenvalue weighted by molar-refractivity contribution is 0.151. The molecule has 1 saturated carbocycles. The van der Waals surface area contributed by atoms with Crippen molar-refractivity contribution in [3.05, 3.63) is 29.6 Å². The number of nitrogens with one attached hydrogen (secondary N) is 1. The van der Waals surface area contributed by atoms with E-state index in [1.807, 2.05) is 17.2 Å². The van der Waals surface area contributed by atoms with E-state index in [1.54, 1.807) is 6.20 Å². The van der Waals surface area contributed by atoms with Crippen LogP contribution in [0, 0.1) is 17.8 Å². The number of carbonyl (C=O) groups is 2. The van der Waals surface area contributed by atoms with Crippen LogP contribution in [0.25, 0.3) is 0 Å². The molecule has 3 amide bonds. The summed E-state index contributed by atoms with van der Waals surface area (Å²) in [5, 5.41) is 12.1. The molecule has 7 heteroatoms. The summed E-state index contributed by atoms with van der Waals surface area (Å²) in [5.74, 6) is 1.39. The second kappa shape index (κ2) is 5.96. The number of carbonyl (C=O) groups excluding carboxylic acids is 1. The number of hydrogen-bond donors (Lipinski definition) is 2. The van der Waals surface area contributed by atoms with Crippen molar-refractivity contribution in [1.82, 2.24) is 20.1 Å². The Labute approximate surface area is 140 Å². The molecular weight excluding hydrogens is 308 g/mol.